The average Bonchev–Trinajstić information content (AvgIpc) is 2.88. The van der Waals surface area contributed by atoms with E-state index in [4.69, 9.17) is 11.6 Å². The van der Waals surface area contributed by atoms with Crippen LogP contribution in [0.5, 0.6) is 0 Å². The van der Waals surface area contributed by atoms with Crippen LogP contribution in [0.2, 0.25) is 5.02 Å². The number of nitrogens with zero attached hydrogens (tertiary/aromatic N) is 2. The number of amides is 4. The van der Waals surface area contributed by atoms with E-state index >= 15 is 0 Å². The second-order valence-electron chi connectivity index (χ2n) is 5.66. The zero-order chi connectivity index (χ0) is 16.9. The molecular weight excluding hydrogens is 340 g/mol. The first-order valence-electron chi connectivity index (χ1n) is 6.97. The molecule has 8 heteroatoms. The Hall–Kier alpha value is -1.57. The summed E-state index contributed by atoms with van der Waals surface area (Å²) in [6.07, 6.45) is -1.17. The van der Waals surface area contributed by atoms with Crippen LogP contribution >= 0.6 is 23.4 Å². The Balaban J connectivity index is 2.17. The second-order valence-corrected chi connectivity index (χ2v) is 7.24. The Kier molecular flexibility index (Phi) is 3.90. The Morgan fingerprint density at radius 1 is 1.22 bits per heavy atom. The summed E-state index contributed by atoms with van der Waals surface area (Å²) in [5, 5.41) is 10.4. The van der Waals surface area contributed by atoms with Crippen LogP contribution in [0.25, 0.3) is 0 Å². The lowest BCUT2D eigenvalue weighted by Gasteiger charge is -2.43. The van der Waals surface area contributed by atoms with Crippen LogP contribution in [0.1, 0.15) is 10.8 Å². The zero-order valence-electron chi connectivity index (χ0n) is 12.5. The predicted octanol–water partition coefficient (Wildman–Crippen LogP) is 1.53. The molecule has 1 aromatic carbocycles. The van der Waals surface area contributed by atoms with Crippen LogP contribution < -0.4 is 0 Å². The van der Waals surface area contributed by atoms with Gasteiger partial charge in [-0.05, 0) is 17.7 Å². The van der Waals surface area contributed by atoms with Crippen LogP contribution in [-0.4, -0.2) is 58.7 Å². The molecule has 2 aliphatic rings. The highest BCUT2D eigenvalue weighted by molar-refractivity contribution is 8.00. The summed E-state index contributed by atoms with van der Waals surface area (Å²) in [4.78, 5) is 39.5. The quantitative estimate of drug-likeness (QED) is 0.774. The molecule has 0 saturated carbocycles. The maximum Gasteiger partial charge on any atom is 0.332 e. The lowest BCUT2D eigenvalue weighted by atomic mass is 9.73. The van der Waals surface area contributed by atoms with E-state index in [2.05, 4.69) is 0 Å². The number of hydrogen-bond acceptors (Lipinski definition) is 5. The van der Waals surface area contributed by atoms with Gasteiger partial charge in [-0.1, -0.05) is 23.7 Å². The summed E-state index contributed by atoms with van der Waals surface area (Å²) in [7, 11) is 2.64. The number of aliphatic hydroxyl groups is 1. The molecule has 23 heavy (non-hydrogen) atoms. The van der Waals surface area contributed by atoms with Crippen LogP contribution in [-0.2, 0) is 9.59 Å². The molecule has 1 spiro atoms. The number of imide groups is 2. The summed E-state index contributed by atoms with van der Waals surface area (Å²) in [5.41, 5.74) is -1.02. The van der Waals surface area contributed by atoms with Crippen molar-refractivity contribution >= 4 is 41.2 Å². The van der Waals surface area contributed by atoms with Gasteiger partial charge in [0.15, 0.2) is 5.41 Å². The Labute approximate surface area is 142 Å². The largest absolute Gasteiger partial charge is 0.391 e. The number of benzene rings is 1. The van der Waals surface area contributed by atoms with Gasteiger partial charge in [0, 0.05) is 24.9 Å². The van der Waals surface area contributed by atoms with Crippen LogP contribution in [0.4, 0.5) is 4.79 Å². The number of rotatable bonds is 1. The van der Waals surface area contributed by atoms with Crippen molar-refractivity contribution in [1.82, 2.24) is 9.80 Å². The van der Waals surface area contributed by atoms with Gasteiger partial charge in [0.25, 0.3) is 0 Å². The van der Waals surface area contributed by atoms with Gasteiger partial charge in [-0.15, -0.1) is 11.8 Å². The number of barbiturate groups is 1. The maximum absolute atomic E-state index is 12.8. The first-order valence-corrected chi connectivity index (χ1v) is 8.40. The van der Waals surface area contributed by atoms with E-state index in [1.165, 1.54) is 25.9 Å². The molecule has 2 atom stereocenters. The SMILES string of the molecule is CN1C(=O)N(C)C(=O)C2(C1=O)C(O)CSC2c1cccc(Cl)c1. The summed E-state index contributed by atoms with van der Waals surface area (Å²) in [5.74, 6) is -1.12. The third-order valence-corrected chi connectivity index (χ3v) is 6.12. The summed E-state index contributed by atoms with van der Waals surface area (Å²) < 4.78 is 0. The van der Waals surface area contributed by atoms with E-state index in [0.717, 1.165) is 9.80 Å². The lowest BCUT2D eigenvalue weighted by Crippen LogP contribution is -2.67. The van der Waals surface area contributed by atoms with Gasteiger partial charge in [-0.25, -0.2) is 4.79 Å². The fourth-order valence-corrected chi connectivity index (χ4v) is 5.01. The monoisotopic (exact) mass is 354 g/mol. The van der Waals surface area contributed by atoms with Crippen LogP contribution in [0.3, 0.4) is 0 Å². The van der Waals surface area contributed by atoms with E-state index in [0.29, 0.717) is 10.6 Å². The Morgan fingerprint density at radius 3 is 2.39 bits per heavy atom. The molecule has 2 fully saturated rings. The smallest absolute Gasteiger partial charge is 0.332 e. The molecule has 3 rings (SSSR count). The molecular formula is C15H15ClN2O4S. The number of carbonyl (C=O) groups excluding carboxylic acids is 3. The molecule has 2 saturated heterocycles. The van der Waals surface area contributed by atoms with Crippen molar-refractivity contribution in [2.24, 2.45) is 5.41 Å². The third-order valence-electron chi connectivity index (χ3n) is 4.40. The van der Waals surface area contributed by atoms with E-state index < -0.39 is 34.6 Å². The minimum absolute atomic E-state index is 0.227. The van der Waals surface area contributed by atoms with Crippen molar-refractivity contribution < 1.29 is 19.5 Å². The van der Waals surface area contributed by atoms with E-state index in [-0.39, 0.29) is 5.75 Å². The summed E-state index contributed by atoms with van der Waals surface area (Å²) in [6.45, 7) is 0. The molecule has 122 valence electrons. The van der Waals surface area contributed by atoms with Crippen molar-refractivity contribution in [2.75, 3.05) is 19.8 Å². The van der Waals surface area contributed by atoms with Crippen LogP contribution in [0, 0.1) is 5.41 Å². The highest BCUT2D eigenvalue weighted by Gasteiger charge is 2.67. The zero-order valence-corrected chi connectivity index (χ0v) is 14.1. The minimum Gasteiger partial charge on any atom is -0.391 e. The minimum atomic E-state index is -1.70. The third kappa shape index (κ3) is 2.10. The summed E-state index contributed by atoms with van der Waals surface area (Å²) in [6, 6.07) is 6.17. The molecule has 0 aromatic heterocycles. The first-order chi connectivity index (χ1) is 10.8. The van der Waals surface area contributed by atoms with Crippen molar-refractivity contribution in [3.63, 3.8) is 0 Å². The van der Waals surface area contributed by atoms with E-state index in [9.17, 15) is 19.5 Å². The second kappa shape index (κ2) is 5.51. The van der Waals surface area contributed by atoms with Gasteiger partial charge in [0.2, 0.25) is 11.8 Å². The van der Waals surface area contributed by atoms with E-state index in [1.54, 1.807) is 24.3 Å². The molecule has 2 aliphatic heterocycles. The highest BCUT2D eigenvalue weighted by atomic mass is 35.5. The van der Waals surface area contributed by atoms with Crippen molar-refractivity contribution in [2.45, 2.75) is 11.4 Å². The van der Waals surface area contributed by atoms with Gasteiger partial charge in [-0.3, -0.25) is 19.4 Å². The molecule has 2 heterocycles. The molecule has 2 unspecified atom stereocenters. The molecule has 6 nitrogen and oxygen atoms in total. The van der Waals surface area contributed by atoms with E-state index in [1.807, 2.05) is 0 Å². The normalized spacial score (nSPS) is 27.2. The number of carbonyl (C=O) groups is 3. The fourth-order valence-electron chi connectivity index (χ4n) is 3.21. The Morgan fingerprint density at radius 2 is 1.83 bits per heavy atom. The highest BCUT2D eigenvalue weighted by Crippen LogP contribution is 2.56. The molecule has 1 N–H and O–H groups in total. The molecule has 0 aliphatic carbocycles. The first kappa shape index (κ1) is 16.3. The average molecular weight is 355 g/mol. The van der Waals surface area contributed by atoms with Crippen molar-refractivity contribution in [3.05, 3.63) is 34.9 Å². The van der Waals surface area contributed by atoms with Crippen LogP contribution in [0.15, 0.2) is 24.3 Å². The molecule has 0 bridgehead atoms. The van der Waals surface area contributed by atoms with Crippen molar-refractivity contribution in [1.29, 1.82) is 0 Å². The number of hydrogen-bond donors (Lipinski definition) is 1. The molecule has 1 aromatic rings. The van der Waals surface area contributed by atoms with Gasteiger partial charge >= 0.3 is 6.03 Å². The Bertz CT molecular complexity index is 686. The van der Waals surface area contributed by atoms with Gasteiger partial charge in [-0.2, -0.15) is 0 Å². The topological polar surface area (TPSA) is 77.9 Å². The fraction of sp³-hybridized carbons (Fsp3) is 0.400. The number of halogens is 1. The predicted molar refractivity (Wildman–Crippen MR) is 86.0 cm³/mol. The number of urea groups is 1. The molecule has 4 amide bonds. The molecule has 0 radical (unpaired) electrons. The van der Waals surface area contributed by atoms with Gasteiger partial charge in [0.05, 0.1) is 11.4 Å². The van der Waals surface area contributed by atoms with Gasteiger partial charge in [0.1, 0.15) is 0 Å². The standard InChI is InChI=1S/C15H15ClN2O4S/c1-17-12(20)15(13(21)18(2)14(17)22)10(19)7-23-11(15)8-4-3-5-9(16)6-8/h3-6,10-11,19H,7H2,1-2H3. The lowest BCUT2D eigenvalue weighted by molar-refractivity contribution is -0.163. The number of thioether (sulfide) groups is 1. The maximum atomic E-state index is 12.8. The van der Waals surface area contributed by atoms with Gasteiger partial charge < -0.3 is 5.11 Å². The number of aliphatic hydroxyl groups excluding tert-OH is 1. The van der Waals surface area contributed by atoms with Crippen molar-refractivity contribution in [3.8, 4) is 0 Å². The summed E-state index contributed by atoms with van der Waals surface area (Å²) >= 11 is 7.34.